The van der Waals surface area contributed by atoms with E-state index in [2.05, 4.69) is 0 Å². The summed E-state index contributed by atoms with van der Waals surface area (Å²) in [6.45, 7) is 0. The molecule has 1 aliphatic heterocycles. The van der Waals surface area contributed by atoms with Crippen molar-refractivity contribution in [1.82, 2.24) is 0 Å². The molecule has 1 heterocycles. The first-order valence-electron chi connectivity index (χ1n) is 6.67. The molecule has 0 spiro atoms. The fraction of sp³-hybridized carbons (Fsp3) is 0.125. The van der Waals surface area contributed by atoms with Gasteiger partial charge in [-0.15, -0.1) is 0 Å². The van der Waals surface area contributed by atoms with Gasteiger partial charge in [-0.3, -0.25) is 9.59 Å². The van der Waals surface area contributed by atoms with Crippen LogP contribution >= 0.6 is 8.81 Å². The summed E-state index contributed by atoms with van der Waals surface area (Å²) in [7, 11) is -0.0355. The van der Waals surface area contributed by atoms with Gasteiger partial charge in [-0.05, 0) is 17.2 Å². The Morgan fingerprint density at radius 2 is 1.77 bits per heavy atom. The Labute approximate surface area is 128 Å². The number of carboxylic acids is 2. The van der Waals surface area contributed by atoms with E-state index in [-0.39, 0.29) is 8.81 Å². The van der Waals surface area contributed by atoms with Gasteiger partial charge in [-0.2, -0.15) is 0 Å². The lowest BCUT2D eigenvalue weighted by Gasteiger charge is -2.24. The van der Waals surface area contributed by atoms with Gasteiger partial charge in [0.15, 0.2) is 0 Å². The Morgan fingerprint density at radius 1 is 1.05 bits per heavy atom. The molecule has 6 heteroatoms. The van der Waals surface area contributed by atoms with E-state index in [9.17, 15) is 14.7 Å². The highest BCUT2D eigenvalue weighted by Crippen LogP contribution is 2.41. The second kappa shape index (κ2) is 5.78. The minimum atomic E-state index is -1.14. The van der Waals surface area contributed by atoms with Crippen LogP contribution in [-0.4, -0.2) is 22.2 Å². The van der Waals surface area contributed by atoms with Crippen molar-refractivity contribution in [2.75, 3.05) is 0 Å². The molecule has 2 atom stereocenters. The van der Waals surface area contributed by atoms with Crippen LogP contribution in [0.5, 0.6) is 5.75 Å². The van der Waals surface area contributed by atoms with Crippen molar-refractivity contribution < 1.29 is 24.3 Å². The predicted octanol–water partition coefficient (Wildman–Crippen LogP) is 2.61. The van der Waals surface area contributed by atoms with E-state index < -0.39 is 24.3 Å². The number of benzene rings is 2. The number of hydrogen-bond acceptors (Lipinski definition) is 3. The van der Waals surface area contributed by atoms with Crippen LogP contribution in [0.15, 0.2) is 42.5 Å². The van der Waals surface area contributed by atoms with Crippen molar-refractivity contribution in [1.29, 1.82) is 0 Å². The highest BCUT2D eigenvalue weighted by atomic mass is 31.1. The normalized spacial score (nSPS) is 14.5. The molecular formula is C16H13O5P. The minimum Gasteiger partial charge on any atom is -0.481 e. The fourth-order valence-corrected chi connectivity index (χ4v) is 3.68. The van der Waals surface area contributed by atoms with Crippen LogP contribution in [0.3, 0.4) is 0 Å². The Morgan fingerprint density at radius 3 is 2.50 bits per heavy atom. The summed E-state index contributed by atoms with van der Waals surface area (Å²) < 4.78 is 5.71. The predicted molar refractivity (Wildman–Crippen MR) is 83.1 cm³/mol. The zero-order valence-corrected chi connectivity index (χ0v) is 12.4. The van der Waals surface area contributed by atoms with E-state index in [4.69, 9.17) is 9.63 Å². The van der Waals surface area contributed by atoms with Crippen LogP contribution < -0.4 is 9.83 Å². The van der Waals surface area contributed by atoms with Crippen molar-refractivity contribution in [2.45, 2.75) is 12.3 Å². The molecule has 22 heavy (non-hydrogen) atoms. The van der Waals surface area contributed by atoms with Crippen LogP contribution in [0, 0.1) is 0 Å². The number of hydrogen-bond donors (Lipinski definition) is 2. The number of fused-ring (bicyclic) bond motifs is 3. The van der Waals surface area contributed by atoms with Gasteiger partial charge in [0, 0.05) is 10.9 Å². The molecule has 0 aromatic heterocycles. The van der Waals surface area contributed by atoms with Gasteiger partial charge in [0.05, 0.1) is 12.3 Å². The smallest absolute Gasteiger partial charge is 0.311 e. The first kappa shape index (κ1) is 14.5. The second-order valence-electron chi connectivity index (χ2n) is 4.96. The molecule has 0 fully saturated rings. The summed E-state index contributed by atoms with van der Waals surface area (Å²) in [5, 5.41) is 19.1. The summed E-state index contributed by atoms with van der Waals surface area (Å²) in [6.07, 6.45) is -0.447. The van der Waals surface area contributed by atoms with Gasteiger partial charge in [0.25, 0.3) is 0 Å². The van der Waals surface area contributed by atoms with Crippen LogP contribution in [0.25, 0.3) is 11.1 Å². The average molecular weight is 316 g/mol. The van der Waals surface area contributed by atoms with Crippen LogP contribution in [-0.2, 0) is 9.59 Å². The molecule has 0 bridgehead atoms. The molecule has 2 unspecified atom stereocenters. The van der Waals surface area contributed by atoms with E-state index in [0.717, 1.165) is 22.2 Å². The Balaban J connectivity index is 2.13. The molecule has 3 rings (SSSR count). The summed E-state index contributed by atoms with van der Waals surface area (Å²) in [4.78, 5) is 22.4. The molecule has 2 N–H and O–H groups in total. The summed E-state index contributed by atoms with van der Waals surface area (Å²) >= 11 is 0. The SMILES string of the molecule is O=C(O)CC(C(=O)O)c1cccc2c1POc1ccccc1-2. The second-order valence-corrected chi connectivity index (χ2v) is 5.87. The third kappa shape index (κ3) is 2.55. The monoisotopic (exact) mass is 316 g/mol. The van der Waals surface area contributed by atoms with Crippen molar-refractivity contribution in [3.05, 3.63) is 48.0 Å². The van der Waals surface area contributed by atoms with Gasteiger partial charge in [0.2, 0.25) is 0 Å². The molecule has 2 aromatic carbocycles. The quantitative estimate of drug-likeness (QED) is 0.847. The van der Waals surface area contributed by atoms with Gasteiger partial charge in [0.1, 0.15) is 14.6 Å². The first-order valence-corrected chi connectivity index (χ1v) is 7.58. The van der Waals surface area contributed by atoms with Crippen molar-refractivity contribution in [3.63, 3.8) is 0 Å². The van der Waals surface area contributed by atoms with E-state index in [1.807, 2.05) is 30.3 Å². The first-order chi connectivity index (χ1) is 10.6. The molecule has 0 amide bonds. The van der Waals surface area contributed by atoms with E-state index >= 15 is 0 Å². The van der Waals surface area contributed by atoms with Crippen LogP contribution in [0.1, 0.15) is 17.9 Å². The van der Waals surface area contributed by atoms with Crippen molar-refractivity contribution >= 4 is 26.1 Å². The molecule has 2 aromatic rings. The Kier molecular flexibility index (Phi) is 3.82. The third-order valence-electron chi connectivity index (χ3n) is 3.59. The fourth-order valence-electron chi connectivity index (χ4n) is 2.59. The largest absolute Gasteiger partial charge is 0.481 e. The maximum atomic E-state index is 11.5. The third-order valence-corrected chi connectivity index (χ3v) is 4.67. The van der Waals surface area contributed by atoms with E-state index in [1.165, 1.54) is 0 Å². The minimum absolute atomic E-state index is 0.0355. The summed E-state index contributed by atoms with van der Waals surface area (Å²) in [6, 6.07) is 12.9. The highest BCUT2D eigenvalue weighted by Gasteiger charge is 2.29. The molecular weight excluding hydrogens is 303 g/mol. The maximum absolute atomic E-state index is 11.5. The van der Waals surface area contributed by atoms with Gasteiger partial charge < -0.3 is 14.7 Å². The number of carboxylic acid groups (broad SMARTS) is 2. The lowest BCUT2D eigenvalue weighted by molar-refractivity contribution is -0.145. The van der Waals surface area contributed by atoms with Gasteiger partial charge in [-0.1, -0.05) is 36.4 Å². The highest BCUT2D eigenvalue weighted by molar-refractivity contribution is 7.43. The topological polar surface area (TPSA) is 83.8 Å². The average Bonchev–Trinajstić information content (AvgIpc) is 2.51. The number of carbonyl (C=O) groups is 2. The van der Waals surface area contributed by atoms with Crippen LogP contribution in [0.4, 0.5) is 0 Å². The molecule has 1 aliphatic rings. The number of rotatable bonds is 4. The molecule has 0 radical (unpaired) electrons. The standard InChI is InChI=1S/C16H13O5P/c17-14(18)8-12(16(19)20)11-6-3-5-10-9-4-1-2-7-13(9)21-22-15(10)11/h1-7,12,22H,8H2,(H,17,18)(H,19,20). The number of para-hydroxylation sites is 1. The van der Waals surface area contributed by atoms with E-state index in [1.54, 1.807) is 12.1 Å². The maximum Gasteiger partial charge on any atom is 0.311 e. The Bertz CT molecular complexity index is 756. The van der Waals surface area contributed by atoms with Gasteiger partial charge >= 0.3 is 11.9 Å². The molecule has 0 aliphatic carbocycles. The zero-order valence-electron chi connectivity index (χ0n) is 11.4. The molecule has 5 nitrogen and oxygen atoms in total. The van der Waals surface area contributed by atoms with E-state index in [0.29, 0.717) is 5.56 Å². The van der Waals surface area contributed by atoms with Crippen LogP contribution in [0.2, 0.25) is 0 Å². The van der Waals surface area contributed by atoms with Gasteiger partial charge in [-0.25, -0.2) is 0 Å². The Hall–Kier alpha value is -2.39. The van der Waals surface area contributed by atoms with Crippen molar-refractivity contribution in [2.24, 2.45) is 0 Å². The summed E-state index contributed by atoms with van der Waals surface area (Å²) in [5.74, 6) is -2.59. The summed E-state index contributed by atoms with van der Waals surface area (Å²) in [5.41, 5.74) is 2.33. The zero-order chi connectivity index (χ0) is 15.7. The lowest BCUT2D eigenvalue weighted by Crippen LogP contribution is -2.23. The molecule has 0 saturated carbocycles. The number of aliphatic carboxylic acids is 2. The van der Waals surface area contributed by atoms with Crippen molar-refractivity contribution in [3.8, 4) is 16.9 Å². The lowest BCUT2D eigenvalue weighted by atomic mass is 9.92. The molecule has 112 valence electrons. The molecule has 0 saturated heterocycles.